The summed E-state index contributed by atoms with van der Waals surface area (Å²) in [4.78, 5) is 26.7. The summed E-state index contributed by atoms with van der Waals surface area (Å²) in [5, 5.41) is 11.8. The van der Waals surface area contributed by atoms with Gasteiger partial charge in [-0.2, -0.15) is 0 Å². The van der Waals surface area contributed by atoms with Crippen molar-refractivity contribution in [2.45, 2.75) is 101 Å². The SMILES string of the molecule is CC(=O)OC1C(OCC2OC(O)C(OC(=O)c3ccccc3)C(OCc3ccccc3)C2OCc2ccccc2)OC(COCc2ccccc2)C(OCc2ccccc2)C1OCc1ccccc1. The third-order valence-corrected chi connectivity index (χ3v) is 11.7. The summed E-state index contributed by atoms with van der Waals surface area (Å²) in [7, 11) is 0. The molecule has 2 heterocycles. The molecule has 360 valence electrons. The van der Waals surface area contributed by atoms with Gasteiger partial charge in [-0.15, -0.1) is 0 Å². The molecular weight excluding hydrogens is 881 g/mol. The van der Waals surface area contributed by atoms with Crippen LogP contribution in [-0.4, -0.2) is 91.7 Å². The van der Waals surface area contributed by atoms with Crippen LogP contribution in [0, 0.1) is 0 Å². The average molecular weight is 939 g/mol. The summed E-state index contributed by atoms with van der Waals surface area (Å²) in [6, 6.07) is 56.6. The normalized spacial score (nSPS) is 24.6. The van der Waals surface area contributed by atoms with Gasteiger partial charge < -0.3 is 52.5 Å². The molecule has 0 aliphatic carbocycles. The minimum absolute atomic E-state index is 0.0531. The van der Waals surface area contributed by atoms with E-state index in [0.717, 1.165) is 27.8 Å². The van der Waals surface area contributed by atoms with Crippen molar-refractivity contribution in [3.05, 3.63) is 215 Å². The Kier molecular flexibility index (Phi) is 18.2. The third-order valence-electron chi connectivity index (χ3n) is 11.7. The number of hydrogen-bond acceptors (Lipinski definition) is 13. The summed E-state index contributed by atoms with van der Waals surface area (Å²) in [5.74, 6) is -1.28. The van der Waals surface area contributed by atoms with Crippen molar-refractivity contribution in [2.24, 2.45) is 0 Å². The van der Waals surface area contributed by atoms with Crippen LogP contribution in [0.1, 0.15) is 45.1 Å². The fourth-order valence-corrected chi connectivity index (χ4v) is 8.29. The molecule has 13 nitrogen and oxygen atoms in total. The molecule has 0 bridgehead atoms. The maximum absolute atomic E-state index is 13.6. The minimum Gasteiger partial charge on any atom is -0.454 e. The summed E-state index contributed by atoms with van der Waals surface area (Å²) < 4.78 is 64.8. The highest BCUT2D eigenvalue weighted by Gasteiger charge is 2.53. The van der Waals surface area contributed by atoms with Gasteiger partial charge in [-0.3, -0.25) is 4.79 Å². The molecule has 2 aliphatic heterocycles. The third kappa shape index (κ3) is 14.2. The van der Waals surface area contributed by atoms with E-state index in [0.29, 0.717) is 0 Å². The fraction of sp³-hybridized carbons (Fsp3) is 0.321. The molecule has 10 atom stereocenters. The van der Waals surface area contributed by atoms with E-state index in [1.165, 1.54) is 6.92 Å². The average Bonchev–Trinajstić information content (AvgIpc) is 3.39. The van der Waals surface area contributed by atoms with E-state index in [4.69, 9.17) is 47.4 Å². The highest BCUT2D eigenvalue weighted by molar-refractivity contribution is 5.89. The Hall–Kier alpha value is -6.10. The lowest BCUT2D eigenvalue weighted by Crippen LogP contribution is -2.64. The maximum Gasteiger partial charge on any atom is 0.338 e. The van der Waals surface area contributed by atoms with Crippen LogP contribution >= 0.6 is 0 Å². The number of benzene rings is 6. The zero-order chi connectivity index (χ0) is 47.6. The second kappa shape index (κ2) is 25.5. The molecule has 0 radical (unpaired) electrons. The van der Waals surface area contributed by atoms with Gasteiger partial charge in [-0.05, 0) is 39.9 Å². The van der Waals surface area contributed by atoms with Gasteiger partial charge in [0, 0.05) is 6.92 Å². The molecule has 0 aromatic heterocycles. The molecule has 0 amide bonds. The lowest BCUT2D eigenvalue weighted by atomic mass is 9.97. The Morgan fingerprint density at radius 3 is 1.23 bits per heavy atom. The molecule has 2 aliphatic rings. The summed E-state index contributed by atoms with van der Waals surface area (Å²) in [5.41, 5.74) is 4.73. The highest BCUT2D eigenvalue weighted by atomic mass is 16.7. The molecule has 6 aromatic carbocycles. The van der Waals surface area contributed by atoms with Gasteiger partial charge in [0.25, 0.3) is 0 Å². The highest BCUT2D eigenvalue weighted by Crippen LogP contribution is 2.34. The van der Waals surface area contributed by atoms with Crippen molar-refractivity contribution < 1.29 is 62.1 Å². The van der Waals surface area contributed by atoms with Crippen LogP contribution in [0.4, 0.5) is 0 Å². The van der Waals surface area contributed by atoms with E-state index >= 15 is 0 Å². The fourth-order valence-electron chi connectivity index (χ4n) is 8.29. The van der Waals surface area contributed by atoms with Crippen LogP contribution in [-0.2, 0) is 85.2 Å². The molecule has 69 heavy (non-hydrogen) atoms. The number of carbonyl (C=O) groups excluding carboxylic acids is 2. The minimum atomic E-state index is -1.68. The first-order chi connectivity index (χ1) is 33.9. The standard InChI is InChI=1S/C56H58O13/c1-39(57)66-53-51(64-36-44-28-16-6-17-29-44)48(61-33-41-22-10-3-11-23-41)46(37-60-32-40-20-8-2-9-21-40)68-56(53)65-38-47-49(62-34-42-24-12-4-13-25-42)50(63-35-43-26-14-5-15-27-43)52(55(59)67-47)69-54(58)45-30-18-7-19-31-45/h2-31,46-53,55-56,59H,32-38H2,1H3. The van der Waals surface area contributed by atoms with Crippen molar-refractivity contribution in [3.8, 4) is 0 Å². The van der Waals surface area contributed by atoms with Crippen LogP contribution in [0.2, 0.25) is 0 Å². The van der Waals surface area contributed by atoms with E-state index in [2.05, 4.69) is 0 Å². The van der Waals surface area contributed by atoms with E-state index in [1.807, 2.05) is 152 Å². The monoisotopic (exact) mass is 938 g/mol. The maximum atomic E-state index is 13.6. The molecule has 0 saturated carbocycles. The first-order valence-corrected chi connectivity index (χ1v) is 23.2. The topological polar surface area (TPSA) is 147 Å². The molecule has 0 spiro atoms. The number of aliphatic hydroxyl groups is 1. The zero-order valence-electron chi connectivity index (χ0n) is 38.4. The van der Waals surface area contributed by atoms with E-state index in [-0.39, 0.29) is 51.8 Å². The molecule has 13 heteroatoms. The van der Waals surface area contributed by atoms with Crippen LogP contribution in [0.15, 0.2) is 182 Å². The lowest BCUT2D eigenvalue weighted by Gasteiger charge is -2.47. The Labute approximate surface area is 402 Å². The predicted molar refractivity (Wildman–Crippen MR) is 253 cm³/mol. The smallest absolute Gasteiger partial charge is 0.338 e. The van der Waals surface area contributed by atoms with Crippen molar-refractivity contribution >= 4 is 11.9 Å². The summed E-state index contributed by atoms with van der Waals surface area (Å²) in [6.45, 7) is 1.91. The van der Waals surface area contributed by atoms with Crippen LogP contribution < -0.4 is 0 Å². The Bertz CT molecular complexity index is 2410. The molecule has 1 N–H and O–H groups in total. The molecular formula is C56H58O13. The van der Waals surface area contributed by atoms with Crippen LogP contribution in [0.3, 0.4) is 0 Å². The number of hydrogen-bond donors (Lipinski definition) is 1. The Balaban J connectivity index is 1.10. The van der Waals surface area contributed by atoms with Crippen LogP contribution in [0.5, 0.6) is 0 Å². The van der Waals surface area contributed by atoms with Gasteiger partial charge in [0.15, 0.2) is 24.8 Å². The number of esters is 2. The van der Waals surface area contributed by atoms with E-state index in [9.17, 15) is 14.7 Å². The Morgan fingerprint density at radius 2 is 0.797 bits per heavy atom. The molecule has 6 aromatic rings. The lowest BCUT2D eigenvalue weighted by molar-refractivity contribution is -0.341. The molecule has 2 fully saturated rings. The Morgan fingerprint density at radius 1 is 0.420 bits per heavy atom. The molecule has 8 rings (SSSR count). The zero-order valence-corrected chi connectivity index (χ0v) is 38.4. The van der Waals surface area contributed by atoms with Gasteiger partial charge in [0.1, 0.15) is 36.6 Å². The largest absolute Gasteiger partial charge is 0.454 e. The number of ether oxygens (including phenoxy) is 10. The van der Waals surface area contributed by atoms with Crippen molar-refractivity contribution in [1.82, 2.24) is 0 Å². The predicted octanol–water partition coefficient (Wildman–Crippen LogP) is 8.16. The number of carbonyl (C=O) groups is 2. The van der Waals surface area contributed by atoms with Gasteiger partial charge >= 0.3 is 11.9 Å². The summed E-state index contributed by atoms with van der Waals surface area (Å²) >= 11 is 0. The van der Waals surface area contributed by atoms with E-state index < -0.39 is 73.4 Å². The first kappa shape index (κ1) is 49.3. The van der Waals surface area contributed by atoms with Gasteiger partial charge in [-0.25, -0.2) is 4.79 Å². The second-order valence-electron chi connectivity index (χ2n) is 16.8. The van der Waals surface area contributed by atoms with Crippen molar-refractivity contribution in [2.75, 3.05) is 13.2 Å². The summed E-state index contributed by atoms with van der Waals surface area (Å²) in [6.07, 6.45) is -11.1. The van der Waals surface area contributed by atoms with Crippen molar-refractivity contribution in [3.63, 3.8) is 0 Å². The van der Waals surface area contributed by atoms with Gasteiger partial charge in [0.05, 0.1) is 51.8 Å². The van der Waals surface area contributed by atoms with Crippen molar-refractivity contribution in [1.29, 1.82) is 0 Å². The van der Waals surface area contributed by atoms with Gasteiger partial charge in [-0.1, -0.05) is 170 Å². The van der Waals surface area contributed by atoms with Gasteiger partial charge in [0.2, 0.25) is 0 Å². The van der Waals surface area contributed by atoms with E-state index in [1.54, 1.807) is 30.3 Å². The molecule has 10 unspecified atom stereocenters. The van der Waals surface area contributed by atoms with Crippen LogP contribution in [0.25, 0.3) is 0 Å². The number of rotatable bonds is 22. The second-order valence-corrected chi connectivity index (χ2v) is 16.8. The first-order valence-electron chi connectivity index (χ1n) is 23.2. The molecule has 2 saturated heterocycles. The number of aliphatic hydroxyl groups excluding tert-OH is 1. The quantitative estimate of drug-likeness (QED) is 0.0654.